The maximum absolute atomic E-state index is 9.97. The van der Waals surface area contributed by atoms with E-state index >= 15 is 0 Å². The van der Waals surface area contributed by atoms with Gasteiger partial charge in [-0.3, -0.25) is 0 Å². The Morgan fingerprint density at radius 1 is 0.880 bits per heavy atom. The third-order valence-electron chi connectivity index (χ3n) is 3.96. The van der Waals surface area contributed by atoms with E-state index in [1.807, 2.05) is 24.3 Å². The summed E-state index contributed by atoms with van der Waals surface area (Å²) in [5.74, 6) is 2.33. The molecule has 0 amide bonds. The number of methoxy groups -OCH3 is 4. The molecule has 0 fully saturated rings. The summed E-state index contributed by atoms with van der Waals surface area (Å²) in [4.78, 5) is 0. The largest absolute Gasteiger partial charge is 0.504 e. The molecule has 2 aromatic carbocycles. The first-order chi connectivity index (χ1) is 12.1. The fourth-order valence-corrected chi connectivity index (χ4v) is 2.65. The molecule has 0 atom stereocenters. The van der Waals surface area contributed by atoms with Crippen LogP contribution in [0, 0.1) is 0 Å². The lowest BCUT2D eigenvalue weighted by atomic mass is 9.99. The van der Waals surface area contributed by atoms with Gasteiger partial charge in [0, 0.05) is 0 Å². The van der Waals surface area contributed by atoms with Gasteiger partial charge in [-0.1, -0.05) is 19.1 Å². The van der Waals surface area contributed by atoms with E-state index < -0.39 is 0 Å². The second kappa shape index (κ2) is 8.33. The van der Waals surface area contributed by atoms with Gasteiger partial charge in [-0.25, -0.2) is 0 Å². The lowest BCUT2D eigenvalue weighted by Crippen LogP contribution is -1.97. The molecule has 0 spiro atoms. The molecule has 0 unspecified atom stereocenters. The first-order valence-electron chi connectivity index (χ1n) is 7.95. The zero-order valence-corrected chi connectivity index (χ0v) is 15.3. The molecule has 0 aromatic heterocycles. The van der Waals surface area contributed by atoms with Crippen LogP contribution in [-0.2, 0) is 0 Å². The molecule has 0 aliphatic heterocycles. The van der Waals surface area contributed by atoms with Gasteiger partial charge >= 0.3 is 0 Å². The van der Waals surface area contributed by atoms with Gasteiger partial charge in [0.2, 0.25) is 5.75 Å². The molecule has 0 saturated heterocycles. The van der Waals surface area contributed by atoms with Gasteiger partial charge in [0.05, 0.1) is 28.4 Å². The molecule has 1 N–H and O–H groups in total. The zero-order valence-electron chi connectivity index (χ0n) is 15.3. The molecular formula is C20H24O5. The topological polar surface area (TPSA) is 57.2 Å². The van der Waals surface area contributed by atoms with Crippen LogP contribution in [0.15, 0.2) is 30.3 Å². The smallest absolute Gasteiger partial charge is 0.203 e. The van der Waals surface area contributed by atoms with Crippen LogP contribution < -0.4 is 18.9 Å². The third-order valence-corrected chi connectivity index (χ3v) is 3.96. The number of hydrogen-bond acceptors (Lipinski definition) is 5. The summed E-state index contributed by atoms with van der Waals surface area (Å²) in [5.41, 5.74) is 2.92. The van der Waals surface area contributed by atoms with Crippen molar-refractivity contribution in [1.29, 1.82) is 0 Å². The van der Waals surface area contributed by atoms with Gasteiger partial charge in [-0.05, 0) is 47.4 Å². The van der Waals surface area contributed by atoms with Crippen molar-refractivity contribution in [2.75, 3.05) is 28.4 Å². The standard InChI is InChI=1S/C20H24O5/c1-6-14(9-13-7-8-17(22-2)16(21)10-13)15-11-18(23-3)20(25-5)19(12-15)24-4/h7-12,21H,6H2,1-5H3/b14-9-. The van der Waals surface area contributed by atoms with E-state index in [1.165, 1.54) is 7.11 Å². The number of rotatable bonds is 7. The summed E-state index contributed by atoms with van der Waals surface area (Å²) in [7, 11) is 6.30. The van der Waals surface area contributed by atoms with Gasteiger partial charge in [0.25, 0.3) is 0 Å². The molecule has 5 nitrogen and oxygen atoms in total. The molecule has 2 aromatic rings. The summed E-state index contributed by atoms with van der Waals surface area (Å²) < 4.78 is 21.3. The van der Waals surface area contributed by atoms with Gasteiger partial charge < -0.3 is 24.1 Å². The van der Waals surface area contributed by atoms with E-state index in [0.29, 0.717) is 23.0 Å². The minimum Gasteiger partial charge on any atom is -0.504 e. The van der Waals surface area contributed by atoms with E-state index in [9.17, 15) is 5.11 Å². The number of ether oxygens (including phenoxy) is 4. The van der Waals surface area contributed by atoms with Crippen molar-refractivity contribution in [2.24, 2.45) is 0 Å². The van der Waals surface area contributed by atoms with E-state index in [0.717, 1.165) is 23.1 Å². The average molecular weight is 344 g/mol. The summed E-state index contributed by atoms with van der Waals surface area (Å²) >= 11 is 0. The Morgan fingerprint density at radius 3 is 1.92 bits per heavy atom. The quantitative estimate of drug-likeness (QED) is 0.756. The van der Waals surface area contributed by atoms with Crippen molar-refractivity contribution >= 4 is 11.6 Å². The van der Waals surface area contributed by atoms with Crippen LogP contribution in [0.3, 0.4) is 0 Å². The second-order valence-corrected chi connectivity index (χ2v) is 5.37. The van der Waals surface area contributed by atoms with E-state index in [-0.39, 0.29) is 5.75 Å². The minimum atomic E-state index is 0.108. The Kier molecular flexibility index (Phi) is 6.17. The highest BCUT2D eigenvalue weighted by molar-refractivity contribution is 5.83. The first-order valence-corrected chi connectivity index (χ1v) is 7.95. The van der Waals surface area contributed by atoms with Crippen LogP contribution >= 0.6 is 0 Å². The molecule has 0 saturated carbocycles. The average Bonchev–Trinajstić information content (AvgIpc) is 2.64. The van der Waals surface area contributed by atoms with Crippen LogP contribution in [-0.4, -0.2) is 33.5 Å². The van der Waals surface area contributed by atoms with Gasteiger partial charge in [0.15, 0.2) is 23.0 Å². The Hall–Kier alpha value is -2.82. The molecular weight excluding hydrogens is 320 g/mol. The SMILES string of the molecule is CC/C(=C/c1ccc(OC)c(O)c1)c1cc(OC)c(OC)c(OC)c1. The van der Waals surface area contributed by atoms with Gasteiger partial charge in [0.1, 0.15) is 0 Å². The molecule has 0 aliphatic carbocycles. The van der Waals surface area contributed by atoms with Crippen molar-refractivity contribution in [3.8, 4) is 28.7 Å². The Labute approximate surface area is 148 Å². The predicted molar refractivity (Wildman–Crippen MR) is 98.9 cm³/mol. The van der Waals surface area contributed by atoms with E-state index in [4.69, 9.17) is 18.9 Å². The zero-order chi connectivity index (χ0) is 18.4. The van der Waals surface area contributed by atoms with E-state index in [1.54, 1.807) is 33.5 Å². The molecule has 5 heteroatoms. The molecule has 25 heavy (non-hydrogen) atoms. The first kappa shape index (κ1) is 18.5. The lowest BCUT2D eigenvalue weighted by molar-refractivity contribution is 0.324. The normalized spacial score (nSPS) is 11.2. The number of hydrogen-bond donors (Lipinski definition) is 1. The van der Waals surface area contributed by atoms with Crippen molar-refractivity contribution in [1.82, 2.24) is 0 Å². The third kappa shape index (κ3) is 3.99. The monoisotopic (exact) mass is 344 g/mol. The second-order valence-electron chi connectivity index (χ2n) is 5.37. The number of phenols is 1. The molecule has 2 rings (SSSR count). The fraction of sp³-hybridized carbons (Fsp3) is 0.300. The van der Waals surface area contributed by atoms with Crippen molar-refractivity contribution in [2.45, 2.75) is 13.3 Å². The highest BCUT2D eigenvalue weighted by Crippen LogP contribution is 2.41. The summed E-state index contributed by atoms with van der Waals surface area (Å²) in [6.07, 6.45) is 2.81. The van der Waals surface area contributed by atoms with Gasteiger partial charge in [-0.2, -0.15) is 0 Å². The number of benzene rings is 2. The number of phenolic OH excluding ortho intramolecular Hbond substituents is 1. The summed E-state index contributed by atoms with van der Waals surface area (Å²) in [6.45, 7) is 2.07. The maximum atomic E-state index is 9.97. The number of allylic oxidation sites excluding steroid dienone is 1. The molecule has 0 bridgehead atoms. The predicted octanol–water partition coefficient (Wildman–Crippen LogP) is 4.38. The van der Waals surface area contributed by atoms with Crippen LogP contribution in [0.25, 0.3) is 11.6 Å². The van der Waals surface area contributed by atoms with Crippen molar-refractivity contribution < 1.29 is 24.1 Å². The van der Waals surface area contributed by atoms with Crippen molar-refractivity contribution in [3.05, 3.63) is 41.5 Å². The molecule has 0 radical (unpaired) electrons. The van der Waals surface area contributed by atoms with Gasteiger partial charge in [-0.15, -0.1) is 0 Å². The molecule has 134 valence electrons. The van der Waals surface area contributed by atoms with Crippen LogP contribution in [0.2, 0.25) is 0 Å². The molecule has 0 aliphatic rings. The summed E-state index contributed by atoms with van der Waals surface area (Å²) in [5, 5.41) is 9.97. The van der Waals surface area contributed by atoms with Crippen molar-refractivity contribution in [3.63, 3.8) is 0 Å². The Bertz CT molecular complexity index is 740. The highest BCUT2D eigenvalue weighted by atomic mass is 16.5. The van der Waals surface area contributed by atoms with Crippen LogP contribution in [0.4, 0.5) is 0 Å². The molecule has 0 heterocycles. The highest BCUT2D eigenvalue weighted by Gasteiger charge is 2.15. The lowest BCUT2D eigenvalue weighted by Gasteiger charge is -2.15. The Balaban J connectivity index is 2.51. The summed E-state index contributed by atoms with van der Waals surface area (Å²) in [6, 6.07) is 9.14. The Morgan fingerprint density at radius 2 is 1.48 bits per heavy atom. The fourth-order valence-electron chi connectivity index (χ4n) is 2.65. The van der Waals surface area contributed by atoms with E-state index in [2.05, 4.69) is 6.92 Å². The number of aromatic hydroxyl groups is 1. The van der Waals surface area contributed by atoms with Crippen LogP contribution in [0.1, 0.15) is 24.5 Å². The van der Waals surface area contributed by atoms with Crippen LogP contribution in [0.5, 0.6) is 28.7 Å². The maximum Gasteiger partial charge on any atom is 0.203 e. The minimum absolute atomic E-state index is 0.108.